The Morgan fingerprint density at radius 3 is 2.60 bits per heavy atom. The molecular formula is C8H13NO. The molecule has 10 heavy (non-hydrogen) atoms. The van der Waals surface area contributed by atoms with Gasteiger partial charge in [-0.2, -0.15) is 0 Å². The summed E-state index contributed by atoms with van der Waals surface area (Å²) in [6.07, 6.45) is 5.44. The van der Waals surface area contributed by atoms with E-state index in [2.05, 4.69) is 0 Å². The highest BCUT2D eigenvalue weighted by Crippen LogP contribution is 2.55. The van der Waals surface area contributed by atoms with Crippen LogP contribution in [0.2, 0.25) is 0 Å². The summed E-state index contributed by atoms with van der Waals surface area (Å²) in [5.41, 5.74) is 6.18. The summed E-state index contributed by atoms with van der Waals surface area (Å²) in [7, 11) is 0. The van der Waals surface area contributed by atoms with Gasteiger partial charge >= 0.3 is 0 Å². The van der Waals surface area contributed by atoms with Crippen LogP contribution in [0.4, 0.5) is 0 Å². The average Bonchev–Trinajstić information content (AvgIpc) is 2.62. The van der Waals surface area contributed by atoms with E-state index in [0.29, 0.717) is 5.41 Å². The average molecular weight is 139 g/mol. The Balaban J connectivity index is 2.04. The molecule has 0 aromatic heterocycles. The molecule has 0 radical (unpaired) electrons. The standard InChI is InChI=1S/C8H13NO/c9-6-5-8(3-4-8)2-1-7(6)10/h6H,1-5,9H2. The largest absolute Gasteiger partial charge is 0.321 e. The smallest absolute Gasteiger partial charge is 0.149 e. The zero-order valence-electron chi connectivity index (χ0n) is 6.10. The highest BCUT2D eigenvalue weighted by atomic mass is 16.1. The molecule has 0 amide bonds. The maximum Gasteiger partial charge on any atom is 0.149 e. The first-order chi connectivity index (χ1) is 4.72. The molecule has 0 heterocycles. The van der Waals surface area contributed by atoms with Crippen molar-refractivity contribution in [1.29, 1.82) is 0 Å². The Morgan fingerprint density at radius 2 is 2.10 bits per heavy atom. The van der Waals surface area contributed by atoms with E-state index >= 15 is 0 Å². The molecular weight excluding hydrogens is 126 g/mol. The molecule has 0 aliphatic heterocycles. The number of carbonyl (C=O) groups is 1. The van der Waals surface area contributed by atoms with E-state index in [-0.39, 0.29) is 11.8 Å². The first-order valence-electron chi connectivity index (χ1n) is 4.00. The number of rotatable bonds is 0. The maximum atomic E-state index is 11.0. The van der Waals surface area contributed by atoms with Crippen molar-refractivity contribution in [2.45, 2.75) is 38.1 Å². The van der Waals surface area contributed by atoms with Gasteiger partial charge in [0, 0.05) is 6.42 Å². The van der Waals surface area contributed by atoms with Crippen LogP contribution in [0.5, 0.6) is 0 Å². The summed E-state index contributed by atoms with van der Waals surface area (Å²) < 4.78 is 0. The number of hydrogen-bond donors (Lipinski definition) is 1. The molecule has 2 heteroatoms. The van der Waals surface area contributed by atoms with E-state index in [1.54, 1.807) is 0 Å². The fourth-order valence-corrected chi connectivity index (χ4v) is 1.89. The van der Waals surface area contributed by atoms with Crippen molar-refractivity contribution in [3.8, 4) is 0 Å². The van der Waals surface area contributed by atoms with Gasteiger partial charge in [-0.05, 0) is 31.1 Å². The van der Waals surface area contributed by atoms with Gasteiger partial charge in [-0.3, -0.25) is 4.79 Å². The molecule has 1 atom stereocenters. The number of hydrogen-bond acceptors (Lipinski definition) is 2. The first kappa shape index (κ1) is 6.35. The minimum Gasteiger partial charge on any atom is -0.321 e. The van der Waals surface area contributed by atoms with Gasteiger partial charge in [0.1, 0.15) is 5.78 Å². The summed E-state index contributed by atoms with van der Waals surface area (Å²) in [4.78, 5) is 11.0. The molecule has 0 aromatic carbocycles. The topological polar surface area (TPSA) is 43.1 Å². The van der Waals surface area contributed by atoms with Crippen molar-refractivity contribution in [1.82, 2.24) is 0 Å². The minimum atomic E-state index is -0.128. The van der Waals surface area contributed by atoms with Gasteiger partial charge in [0.15, 0.2) is 0 Å². The molecule has 2 fully saturated rings. The van der Waals surface area contributed by atoms with Crippen molar-refractivity contribution in [3.05, 3.63) is 0 Å². The van der Waals surface area contributed by atoms with E-state index in [1.807, 2.05) is 0 Å². The van der Waals surface area contributed by atoms with Gasteiger partial charge in [-0.15, -0.1) is 0 Å². The second kappa shape index (κ2) is 1.82. The Labute approximate surface area is 60.8 Å². The molecule has 0 bridgehead atoms. The SMILES string of the molecule is NC1CC2(CCC1=O)CC2. The molecule has 2 aliphatic rings. The third-order valence-electron chi connectivity index (χ3n) is 2.93. The summed E-state index contributed by atoms with van der Waals surface area (Å²) in [5, 5.41) is 0. The summed E-state index contributed by atoms with van der Waals surface area (Å²) in [5.74, 6) is 0.275. The molecule has 2 rings (SSSR count). The molecule has 1 spiro atoms. The number of nitrogens with two attached hydrogens (primary N) is 1. The Bertz CT molecular complexity index is 172. The second-order valence-corrected chi connectivity index (χ2v) is 3.78. The fourth-order valence-electron chi connectivity index (χ4n) is 1.89. The van der Waals surface area contributed by atoms with Crippen molar-refractivity contribution in [3.63, 3.8) is 0 Å². The first-order valence-corrected chi connectivity index (χ1v) is 4.00. The van der Waals surface area contributed by atoms with E-state index in [9.17, 15) is 4.79 Å². The van der Waals surface area contributed by atoms with Crippen LogP contribution < -0.4 is 5.73 Å². The van der Waals surface area contributed by atoms with Gasteiger partial charge in [0.2, 0.25) is 0 Å². The molecule has 56 valence electrons. The summed E-state index contributed by atoms with van der Waals surface area (Å²) >= 11 is 0. The van der Waals surface area contributed by atoms with Gasteiger partial charge in [0.05, 0.1) is 6.04 Å². The second-order valence-electron chi connectivity index (χ2n) is 3.78. The lowest BCUT2D eigenvalue weighted by Gasteiger charge is -2.24. The quantitative estimate of drug-likeness (QED) is 0.540. The number of Topliss-reactive ketones (excluding diaryl/α,β-unsaturated/α-hetero) is 1. The van der Waals surface area contributed by atoms with E-state index in [4.69, 9.17) is 5.73 Å². The number of ketones is 1. The normalized spacial score (nSPS) is 36.5. The van der Waals surface area contributed by atoms with Gasteiger partial charge in [-0.1, -0.05) is 0 Å². The maximum absolute atomic E-state index is 11.0. The molecule has 2 saturated carbocycles. The molecule has 2 nitrogen and oxygen atoms in total. The van der Waals surface area contributed by atoms with E-state index < -0.39 is 0 Å². The molecule has 2 N–H and O–H groups in total. The van der Waals surface area contributed by atoms with Crippen molar-refractivity contribution < 1.29 is 4.79 Å². The molecule has 2 aliphatic carbocycles. The highest BCUT2D eigenvalue weighted by Gasteiger charge is 2.47. The Hall–Kier alpha value is -0.370. The van der Waals surface area contributed by atoms with Crippen LogP contribution in [0, 0.1) is 5.41 Å². The highest BCUT2D eigenvalue weighted by molar-refractivity contribution is 5.84. The van der Waals surface area contributed by atoms with E-state index in [1.165, 1.54) is 12.8 Å². The fraction of sp³-hybridized carbons (Fsp3) is 0.875. The van der Waals surface area contributed by atoms with Crippen LogP contribution in [-0.2, 0) is 4.79 Å². The van der Waals surface area contributed by atoms with Gasteiger partial charge in [-0.25, -0.2) is 0 Å². The summed E-state index contributed by atoms with van der Waals surface area (Å²) in [6, 6.07) is -0.128. The van der Waals surface area contributed by atoms with Crippen LogP contribution in [0.3, 0.4) is 0 Å². The Kier molecular flexibility index (Phi) is 1.15. The lowest BCUT2D eigenvalue weighted by Crippen LogP contribution is -2.37. The monoisotopic (exact) mass is 139 g/mol. The van der Waals surface area contributed by atoms with Gasteiger partial charge in [0.25, 0.3) is 0 Å². The molecule has 1 unspecified atom stereocenters. The Morgan fingerprint density at radius 1 is 1.40 bits per heavy atom. The third-order valence-corrected chi connectivity index (χ3v) is 2.93. The van der Waals surface area contributed by atoms with Crippen LogP contribution in [0.1, 0.15) is 32.1 Å². The van der Waals surface area contributed by atoms with Crippen LogP contribution >= 0.6 is 0 Å². The van der Waals surface area contributed by atoms with Crippen LogP contribution in [-0.4, -0.2) is 11.8 Å². The van der Waals surface area contributed by atoms with E-state index in [0.717, 1.165) is 19.3 Å². The van der Waals surface area contributed by atoms with Crippen molar-refractivity contribution in [2.75, 3.05) is 0 Å². The third kappa shape index (κ3) is 0.870. The lowest BCUT2D eigenvalue weighted by molar-refractivity contribution is -0.122. The predicted molar refractivity (Wildman–Crippen MR) is 38.5 cm³/mol. The summed E-state index contributed by atoms with van der Waals surface area (Å²) in [6.45, 7) is 0. The van der Waals surface area contributed by atoms with Gasteiger partial charge < -0.3 is 5.73 Å². The minimum absolute atomic E-state index is 0.128. The van der Waals surface area contributed by atoms with Crippen LogP contribution in [0.15, 0.2) is 0 Å². The zero-order chi connectivity index (χ0) is 7.19. The van der Waals surface area contributed by atoms with Crippen molar-refractivity contribution in [2.24, 2.45) is 11.1 Å². The number of carbonyl (C=O) groups excluding carboxylic acids is 1. The van der Waals surface area contributed by atoms with Crippen molar-refractivity contribution >= 4 is 5.78 Å². The lowest BCUT2D eigenvalue weighted by atomic mass is 9.83. The molecule has 0 aromatic rings. The zero-order valence-corrected chi connectivity index (χ0v) is 6.10. The predicted octanol–water partition coefficient (Wildman–Crippen LogP) is 0.847. The van der Waals surface area contributed by atoms with Crippen LogP contribution in [0.25, 0.3) is 0 Å². The molecule has 0 saturated heterocycles.